The van der Waals surface area contributed by atoms with Gasteiger partial charge in [-0.1, -0.05) is 11.8 Å². The number of nitrogens with one attached hydrogen (secondary N) is 1. The van der Waals surface area contributed by atoms with Gasteiger partial charge in [0.05, 0.1) is 12.2 Å². The van der Waals surface area contributed by atoms with Crippen LogP contribution in [0.15, 0.2) is 11.4 Å². The fourth-order valence-electron chi connectivity index (χ4n) is 0.825. The van der Waals surface area contributed by atoms with E-state index < -0.39 is 12.1 Å². The predicted octanol–water partition coefficient (Wildman–Crippen LogP) is 0.922. The fourth-order valence-corrected chi connectivity index (χ4v) is 1.11. The molecule has 0 radical (unpaired) electrons. The Morgan fingerprint density at radius 3 is 2.79 bits per heavy atom. The van der Waals surface area contributed by atoms with Crippen LogP contribution in [0, 0.1) is 0 Å². The molecule has 1 aromatic heterocycles. The molecule has 1 unspecified atom stereocenters. The van der Waals surface area contributed by atoms with Crippen molar-refractivity contribution in [3.63, 3.8) is 0 Å². The van der Waals surface area contributed by atoms with E-state index >= 15 is 0 Å². The van der Waals surface area contributed by atoms with E-state index in [0.717, 1.165) is 0 Å². The fraction of sp³-hybridized carbons (Fsp3) is 0.429. The summed E-state index contributed by atoms with van der Waals surface area (Å²) in [7, 11) is 0. The van der Waals surface area contributed by atoms with Gasteiger partial charge in [0.2, 0.25) is 5.16 Å². The van der Waals surface area contributed by atoms with E-state index in [0.29, 0.717) is 10.9 Å². The van der Waals surface area contributed by atoms with E-state index in [1.165, 1.54) is 18.0 Å². The highest BCUT2D eigenvalue weighted by atomic mass is 32.2. The highest BCUT2D eigenvalue weighted by Crippen LogP contribution is 2.09. The number of carboxylic acid groups (broad SMARTS) is 1. The lowest BCUT2D eigenvalue weighted by molar-refractivity contribution is 0.190. The molecule has 1 aromatic rings. The van der Waals surface area contributed by atoms with Crippen LogP contribution in [0.4, 0.5) is 4.79 Å². The van der Waals surface area contributed by atoms with Crippen LogP contribution in [0.5, 0.6) is 0 Å². The maximum absolute atomic E-state index is 10.3. The molecular formula is C7H10N4O2S. The lowest BCUT2D eigenvalue weighted by Gasteiger charge is -2.08. The lowest BCUT2D eigenvalue weighted by atomic mass is 10.2. The van der Waals surface area contributed by atoms with Gasteiger partial charge < -0.3 is 10.4 Å². The first-order valence-electron chi connectivity index (χ1n) is 3.86. The molecule has 0 aromatic carbocycles. The Morgan fingerprint density at radius 1 is 1.64 bits per heavy atom. The zero-order valence-corrected chi connectivity index (χ0v) is 8.58. The van der Waals surface area contributed by atoms with Crippen LogP contribution in [0.2, 0.25) is 0 Å². The first kappa shape index (κ1) is 10.7. The Bertz CT molecular complexity index is 316. The van der Waals surface area contributed by atoms with Crippen molar-refractivity contribution in [2.45, 2.75) is 18.1 Å². The van der Waals surface area contributed by atoms with Crippen LogP contribution in [-0.4, -0.2) is 32.6 Å². The smallest absolute Gasteiger partial charge is 0.405 e. The Balaban J connectivity index is 2.71. The second kappa shape index (κ2) is 4.75. The predicted molar refractivity (Wildman–Crippen MR) is 51.2 cm³/mol. The summed E-state index contributed by atoms with van der Waals surface area (Å²) in [6, 6.07) is -0.400. The molecule has 76 valence electrons. The van der Waals surface area contributed by atoms with E-state index in [1.807, 2.05) is 6.26 Å². The minimum absolute atomic E-state index is 0.400. The van der Waals surface area contributed by atoms with Gasteiger partial charge in [0.15, 0.2) is 0 Å². The van der Waals surface area contributed by atoms with E-state index in [4.69, 9.17) is 5.11 Å². The molecule has 1 heterocycles. The molecule has 1 rings (SSSR count). The number of amides is 1. The van der Waals surface area contributed by atoms with Crippen LogP contribution in [-0.2, 0) is 0 Å². The standard InChI is InChI=1S/C7H10N4O2S/c1-4(9-7(12)13)5-3-8-6(14-2)11-10-5/h3-4,9H,1-2H3,(H,12,13). The number of thioether (sulfide) groups is 1. The monoisotopic (exact) mass is 214 g/mol. The quantitative estimate of drug-likeness (QED) is 0.727. The number of aromatic nitrogens is 3. The maximum atomic E-state index is 10.3. The van der Waals surface area contributed by atoms with E-state index in [1.54, 1.807) is 6.92 Å². The number of hydrogen-bond acceptors (Lipinski definition) is 5. The molecule has 0 saturated carbocycles. The first-order chi connectivity index (χ1) is 6.63. The topological polar surface area (TPSA) is 88.0 Å². The number of hydrogen-bond donors (Lipinski definition) is 2. The summed E-state index contributed by atoms with van der Waals surface area (Å²) < 4.78 is 0. The third-order valence-electron chi connectivity index (χ3n) is 1.52. The first-order valence-corrected chi connectivity index (χ1v) is 5.09. The third kappa shape index (κ3) is 2.84. The SMILES string of the molecule is CSc1ncc(C(C)NC(=O)O)nn1. The second-order valence-electron chi connectivity index (χ2n) is 2.54. The summed E-state index contributed by atoms with van der Waals surface area (Å²) in [6.07, 6.45) is 2.27. The molecule has 0 saturated heterocycles. The van der Waals surface area contributed by atoms with E-state index in [9.17, 15) is 4.79 Å². The highest BCUT2D eigenvalue weighted by molar-refractivity contribution is 7.98. The van der Waals surface area contributed by atoms with Gasteiger partial charge in [-0.15, -0.1) is 10.2 Å². The minimum Gasteiger partial charge on any atom is -0.465 e. The molecule has 0 spiro atoms. The van der Waals surface area contributed by atoms with Gasteiger partial charge in [0.1, 0.15) is 5.69 Å². The van der Waals surface area contributed by atoms with Gasteiger partial charge in [-0.2, -0.15) is 0 Å². The molecule has 0 aliphatic rings. The van der Waals surface area contributed by atoms with Crippen molar-refractivity contribution in [3.8, 4) is 0 Å². The average Bonchev–Trinajstić information content (AvgIpc) is 2.17. The molecule has 6 nitrogen and oxygen atoms in total. The van der Waals surface area contributed by atoms with Crippen LogP contribution in [0.3, 0.4) is 0 Å². The maximum Gasteiger partial charge on any atom is 0.405 e. The molecule has 0 aliphatic carbocycles. The molecular weight excluding hydrogens is 204 g/mol. The van der Waals surface area contributed by atoms with Crippen LogP contribution in [0.1, 0.15) is 18.7 Å². The van der Waals surface area contributed by atoms with Crippen molar-refractivity contribution in [2.24, 2.45) is 0 Å². The van der Waals surface area contributed by atoms with Crippen molar-refractivity contribution < 1.29 is 9.90 Å². The van der Waals surface area contributed by atoms with Crippen molar-refractivity contribution in [1.29, 1.82) is 0 Å². The minimum atomic E-state index is -1.09. The van der Waals surface area contributed by atoms with Gasteiger partial charge in [-0.25, -0.2) is 9.78 Å². The summed E-state index contributed by atoms with van der Waals surface area (Å²) in [6.45, 7) is 1.68. The normalized spacial score (nSPS) is 12.1. The summed E-state index contributed by atoms with van der Waals surface area (Å²) in [5, 5.41) is 18.9. The van der Waals surface area contributed by atoms with Crippen LogP contribution in [0.25, 0.3) is 0 Å². The summed E-state index contributed by atoms with van der Waals surface area (Å²) >= 11 is 1.38. The van der Waals surface area contributed by atoms with Crippen LogP contribution < -0.4 is 5.32 Å². The Labute approximate surface area is 85.1 Å². The third-order valence-corrected chi connectivity index (χ3v) is 2.08. The summed E-state index contributed by atoms with van der Waals surface area (Å²) in [5.74, 6) is 0. The molecule has 1 amide bonds. The van der Waals surface area contributed by atoms with Gasteiger partial charge >= 0.3 is 6.09 Å². The largest absolute Gasteiger partial charge is 0.465 e. The molecule has 0 fully saturated rings. The Morgan fingerprint density at radius 2 is 2.36 bits per heavy atom. The molecule has 0 bridgehead atoms. The number of carbonyl (C=O) groups is 1. The van der Waals surface area contributed by atoms with Crippen LogP contribution >= 0.6 is 11.8 Å². The number of rotatable bonds is 3. The van der Waals surface area contributed by atoms with Crippen molar-refractivity contribution in [2.75, 3.05) is 6.26 Å². The Hall–Kier alpha value is -1.37. The second-order valence-corrected chi connectivity index (χ2v) is 3.31. The molecule has 2 N–H and O–H groups in total. The average molecular weight is 214 g/mol. The lowest BCUT2D eigenvalue weighted by Crippen LogP contribution is -2.25. The Kier molecular flexibility index (Phi) is 3.63. The van der Waals surface area contributed by atoms with Gasteiger partial charge in [-0.3, -0.25) is 0 Å². The number of nitrogens with zero attached hydrogens (tertiary/aromatic N) is 3. The summed E-state index contributed by atoms with van der Waals surface area (Å²) in [5.41, 5.74) is 0.505. The summed E-state index contributed by atoms with van der Waals surface area (Å²) in [4.78, 5) is 14.3. The van der Waals surface area contributed by atoms with Gasteiger partial charge in [0.25, 0.3) is 0 Å². The van der Waals surface area contributed by atoms with E-state index in [2.05, 4.69) is 20.5 Å². The van der Waals surface area contributed by atoms with Crippen molar-refractivity contribution in [3.05, 3.63) is 11.9 Å². The molecule has 0 aliphatic heterocycles. The molecule has 1 atom stereocenters. The molecule has 7 heteroatoms. The van der Waals surface area contributed by atoms with Gasteiger partial charge in [0, 0.05) is 0 Å². The van der Waals surface area contributed by atoms with Crippen molar-refractivity contribution >= 4 is 17.9 Å². The molecule has 14 heavy (non-hydrogen) atoms. The zero-order valence-electron chi connectivity index (χ0n) is 7.76. The van der Waals surface area contributed by atoms with Crippen molar-refractivity contribution in [1.82, 2.24) is 20.5 Å². The zero-order chi connectivity index (χ0) is 10.6. The highest BCUT2D eigenvalue weighted by Gasteiger charge is 2.10. The van der Waals surface area contributed by atoms with E-state index in [-0.39, 0.29) is 0 Å². The van der Waals surface area contributed by atoms with Gasteiger partial charge in [-0.05, 0) is 13.2 Å².